The fraction of sp³-hybridized carbons (Fsp3) is 0.625. The summed E-state index contributed by atoms with van der Waals surface area (Å²) in [6.45, 7) is 5.39. The number of carbonyl (C=O) groups excluding carboxylic acids is 2. The fourth-order valence-electron chi connectivity index (χ4n) is 2.69. The van der Waals surface area contributed by atoms with Crippen molar-refractivity contribution < 1.29 is 18.9 Å². The minimum atomic E-state index is -0.471. The van der Waals surface area contributed by atoms with Gasteiger partial charge in [-0.05, 0) is 18.9 Å². The number of amidine groups is 1. The van der Waals surface area contributed by atoms with Gasteiger partial charge in [-0.2, -0.15) is 9.48 Å². The highest BCUT2D eigenvalue weighted by Gasteiger charge is 2.48. The highest BCUT2D eigenvalue weighted by atomic mass is 32.2. The van der Waals surface area contributed by atoms with Crippen LogP contribution in [0.25, 0.3) is 0 Å². The fourth-order valence-corrected chi connectivity index (χ4v) is 3.82. The number of thioether (sulfide) groups is 1. The van der Waals surface area contributed by atoms with Crippen molar-refractivity contribution in [3.8, 4) is 0 Å². The summed E-state index contributed by atoms with van der Waals surface area (Å²) in [5.41, 5.74) is 1.09. The number of hydrogen-bond acceptors (Lipinski definition) is 5. The van der Waals surface area contributed by atoms with Crippen LogP contribution in [-0.2, 0) is 9.53 Å². The lowest BCUT2D eigenvalue weighted by Gasteiger charge is -2.28. The molecule has 0 fully saturated rings. The van der Waals surface area contributed by atoms with Crippen LogP contribution in [-0.4, -0.2) is 66.5 Å². The monoisotopic (exact) mass is 338 g/mol. The van der Waals surface area contributed by atoms with E-state index in [1.165, 1.54) is 16.5 Å². The second kappa shape index (κ2) is 7.88. The Morgan fingerprint density at radius 2 is 2.13 bits per heavy atom. The summed E-state index contributed by atoms with van der Waals surface area (Å²) in [7, 11) is 3.19. The van der Waals surface area contributed by atoms with Crippen molar-refractivity contribution in [1.29, 1.82) is 0 Å². The molecule has 126 valence electrons. The highest BCUT2D eigenvalue weighted by Crippen LogP contribution is 2.35. The molecule has 0 saturated carbocycles. The van der Waals surface area contributed by atoms with Gasteiger partial charge in [-0.25, -0.2) is 4.79 Å². The van der Waals surface area contributed by atoms with Crippen LogP contribution >= 0.6 is 11.8 Å². The maximum Gasteiger partial charge on any atom is 0.445 e. The molecule has 2 heterocycles. The standard InChI is InChI=1S/C16H24N3O3S/c1-5-7-11-10-17-14-12(13(11)23-9-8-22-6-2)15(20)19(4)16(21)18(14)3/h10,12H,5-9H2,1-4H3/q+1. The molecule has 1 atom stereocenters. The molecule has 0 aromatic carbocycles. The molecular weight excluding hydrogens is 314 g/mol. The van der Waals surface area contributed by atoms with E-state index < -0.39 is 5.92 Å². The van der Waals surface area contributed by atoms with Gasteiger partial charge in [0.05, 0.1) is 20.7 Å². The number of amides is 3. The molecule has 0 aromatic heterocycles. The number of imide groups is 1. The number of hydrogen-bond donors (Lipinski definition) is 0. The lowest BCUT2D eigenvalue weighted by Crippen LogP contribution is -2.52. The van der Waals surface area contributed by atoms with Crippen LogP contribution in [0.4, 0.5) is 4.79 Å². The lowest BCUT2D eigenvalue weighted by molar-refractivity contribution is -0.407. The molecule has 7 heteroatoms. The van der Waals surface area contributed by atoms with Gasteiger partial charge < -0.3 is 4.74 Å². The number of urea groups is 1. The molecule has 0 spiro atoms. The number of rotatable bonds is 7. The third kappa shape index (κ3) is 3.55. The highest BCUT2D eigenvalue weighted by molar-refractivity contribution is 8.03. The first kappa shape index (κ1) is 17.9. The first-order valence-corrected chi connectivity index (χ1v) is 8.91. The maximum atomic E-state index is 12.7. The van der Waals surface area contributed by atoms with E-state index in [1.807, 2.05) is 6.92 Å². The van der Waals surface area contributed by atoms with Gasteiger partial charge in [-0.3, -0.25) is 4.79 Å². The Labute approximate surface area is 141 Å². The average molecular weight is 338 g/mol. The minimum Gasteiger partial charge on any atom is -0.381 e. The summed E-state index contributed by atoms with van der Waals surface area (Å²) in [5.74, 6) is 0.632. The molecule has 0 radical (unpaired) electrons. The van der Waals surface area contributed by atoms with Gasteiger partial charge in [0, 0.05) is 17.3 Å². The van der Waals surface area contributed by atoms with Gasteiger partial charge in [0.1, 0.15) is 6.21 Å². The number of ether oxygens (including phenoxy) is 1. The second-order valence-corrected chi connectivity index (χ2v) is 6.61. The van der Waals surface area contributed by atoms with Gasteiger partial charge in [-0.1, -0.05) is 13.3 Å². The third-order valence-corrected chi connectivity index (χ3v) is 5.07. The second-order valence-electron chi connectivity index (χ2n) is 5.47. The SMILES string of the molecule is CCCC1=C(SCCOCC)C2C(=O)N(C)C(=O)[N+](C)=C2N=C1. The largest absolute Gasteiger partial charge is 0.445 e. The van der Waals surface area contributed by atoms with Gasteiger partial charge in [0.15, 0.2) is 5.92 Å². The summed E-state index contributed by atoms with van der Waals surface area (Å²) in [6.07, 6.45) is 3.66. The average Bonchev–Trinajstić information content (AvgIpc) is 2.55. The van der Waals surface area contributed by atoms with Crippen molar-refractivity contribution in [2.75, 3.05) is 33.1 Å². The Hall–Kier alpha value is -1.47. The first-order chi connectivity index (χ1) is 11.0. The zero-order valence-electron chi connectivity index (χ0n) is 14.2. The number of fused-ring (bicyclic) bond motifs is 1. The zero-order valence-corrected chi connectivity index (χ0v) is 15.0. The van der Waals surface area contributed by atoms with Crippen LogP contribution < -0.4 is 0 Å². The summed E-state index contributed by atoms with van der Waals surface area (Å²) < 4.78 is 6.86. The van der Waals surface area contributed by atoms with Crippen LogP contribution in [0.1, 0.15) is 26.7 Å². The molecule has 2 rings (SSSR count). The Balaban J connectivity index is 2.36. The van der Waals surface area contributed by atoms with Crippen LogP contribution in [0.3, 0.4) is 0 Å². The van der Waals surface area contributed by atoms with E-state index in [4.69, 9.17) is 4.74 Å². The molecule has 23 heavy (non-hydrogen) atoms. The topological polar surface area (TPSA) is 62.0 Å². The van der Waals surface area contributed by atoms with Crippen molar-refractivity contribution in [1.82, 2.24) is 4.90 Å². The number of aliphatic imine (C=N–C) groups is 1. The van der Waals surface area contributed by atoms with Crippen molar-refractivity contribution in [3.05, 3.63) is 10.5 Å². The van der Waals surface area contributed by atoms with E-state index in [0.29, 0.717) is 19.0 Å². The number of carbonyl (C=O) groups is 2. The van der Waals surface area contributed by atoms with Gasteiger partial charge in [0.2, 0.25) is 0 Å². The van der Waals surface area contributed by atoms with E-state index in [0.717, 1.165) is 29.1 Å². The van der Waals surface area contributed by atoms with E-state index in [2.05, 4.69) is 11.9 Å². The van der Waals surface area contributed by atoms with Crippen LogP contribution in [0.5, 0.6) is 0 Å². The Morgan fingerprint density at radius 1 is 1.39 bits per heavy atom. The first-order valence-electron chi connectivity index (χ1n) is 7.92. The molecule has 0 saturated heterocycles. The van der Waals surface area contributed by atoms with Crippen LogP contribution in [0, 0.1) is 5.92 Å². The third-order valence-electron chi connectivity index (χ3n) is 3.89. The van der Waals surface area contributed by atoms with Crippen molar-refractivity contribution in [2.45, 2.75) is 26.7 Å². The van der Waals surface area contributed by atoms with E-state index in [1.54, 1.807) is 25.0 Å². The molecule has 1 unspecified atom stereocenters. The molecule has 3 amide bonds. The van der Waals surface area contributed by atoms with Gasteiger partial charge >= 0.3 is 11.9 Å². The molecule has 2 aliphatic heterocycles. The number of nitrogens with zero attached hydrogens (tertiary/aromatic N) is 3. The minimum absolute atomic E-state index is 0.201. The predicted octanol–water partition coefficient (Wildman–Crippen LogP) is 2.14. The normalized spacial score (nSPS) is 21.4. The molecule has 0 N–H and O–H groups in total. The van der Waals surface area contributed by atoms with Gasteiger partial charge in [-0.15, -0.1) is 16.8 Å². The number of allylic oxidation sites excluding steroid dienone is 1. The Kier molecular flexibility index (Phi) is 6.12. The molecular formula is C16H24N3O3S+. The van der Waals surface area contributed by atoms with Crippen LogP contribution in [0.15, 0.2) is 15.5 Å². The van der Waals surface area contributed by atoms with E-state index >= 15 is 0 Å². The van der Waals surface area contributed by atoms with Crippen molar-refractivity contribution in [2.24, 2.45) is 10.9 Å². The van der Waals surface area contributed by atoms with Crippen molar-refractivity contribution in [3.63, 3.8) is 0 Å². The molecule has 0 bridgehead atoms. The molecule has 2 aliphatic rings. The summed E-state index contributed by atoms with van der Waals surface area (Å²) >= 11 is 1.64. The molecule has 6 nitrogen and oxygen atoms in total. The van der Waals surface area contributed by atoms with Crippen LogP contribution in [0.2, 0.25) is 0 Å². The predicted molar refractivity (Wildman–Crippen MR) is 92.2 cm³/mol. The van der Waals surface area contributed by atoms with Crippen molar-refractivity contribution >= 4 is 35.8 Å². The molecule has 0 aromatic rings. The van der Waals surface area contributed by atoms with Gasteiger partial charge in [0.25, 0.3) is 5.84 Å². The maximum absolute atomic E-state index is 12.7. The smallest absolute Gasteiger partial charge is 0.381 e. The van der Waals surface area contributed by atoms with E-state index in [9.17, 15) is 9.59 Å². The van der Waals surface area contributed by atoms with E-state index in [-0.39, 0.29) is 11.9 Å². The zero-order chi connectivity index (χ0) is 17.0. The molecule has 0 aliphatic carbocycles. The Morgan fingerprint density at radius 3 is 2.78 bits per heavy atom. The lowest BCUT2D eigenvalue weighted by atomic mass is 9.96. The Bertz CT molecular complexity index is 595. The quantitative estimate of drug-likeness (QED) is 0.527. The summed E-state index contributed by atoms with van der Waals surface area (Å²) in [6, 6.07) is -0.337. The summed E-state index contributed by atoms with van der Waals surface area (Å²) in [5, 5.41) is 0. The number of dihydropyridines is 1. The summed E-state index contributed by atoms with van der Waals surface area (Å²) in [4.78, 5) is 31.4.